The lowest BCUT2D eigenvalue weighted by molar-refractivity contribution is -0.139. The molecule has 1 aliphatic rings. The average Bonchev–Trinajstić information content (AvgIpc) is 2.97. The molecule has 0 saturated carbocycles. The molecule has 164 valence electrons. The van der Waals surface area contributed by atoms with Crippen LogP contribution in [0, 0.1) is 0 Å². The fraction of sp³-hybridized carbons (Fsp3) is 0.182. The number of benzene rings is 2. The molecular formula is C22H20N4O5S. The van der Waals surface area contributed by atoms with Gasteiger partial charge in [-0.25, -0.2) is 4.79 Å². The number of rotatable bonds is 8. The van der Waals surface area contributed by atoms with Crippen molar-refractivity contribution in [2.45, 2.75) is 11.4 Å². The average molecular weight is 452 g/mol. The van der Waals surface area contributed by atoms with Crippen LogP contribution in [-0.2, 0) is 4.79 Å². The number of carboxylic acids is 1. The topological polar surface area (TPSA) is 116 Å². The number of para-hydroxylation sites is 1. The number of hydrogen-bond donors (Lipinski definition) is 2. The molecule has 1 atom stereocenters. The highest BCUT2D eigenvalue weighted by Gasteiger charge is 2.26. The van der Waals surface area contributed by atoms with Crippen molar-refractivity contribution in [1.29, 1.82) is 0 Å². The van der Waals surface area contributed by atoms with Gasteiger partial charge >= 0.3 is 5.97 Å². The molecule has 2 N–H and O–H groups in total. The summed E-state index contributed by atoms with van der Waals surface area (Å²) < 4.78 is 16.9. The maximum absolute atomic E-state index is 10.8. The third-order valence-corrected chi connectivity index (χ3v) is 5.34. The highest BCUT2D eigenvalue weighted by Crippen LogP contribution is 2.40. The number of hydrogen-bond acceptors (Lipinski definition) is 9. The van der Waals surface area contributed by atoms with E-state index in [0.717, 1.165) is 16.8 Å². The van der Waals surface area contributed by atoms with Gasteiger partial charge in [0.2, 0.25) is 11.0 Å². The monoisotopic (exact) mass is 452 g/mol. The standard InChI is InChI=1S/C22H20N4O5S/c1-3-10-32-22-24-21-19(25-26-22)14-6-4-5-7-15(14)23-20(31-21)13-8-9-16(17(11-13)29-2)30-12-18(27)28/h3-9,11,20,23H,1,10,12H2,2H3,(H,27,28)/t20-/m1/s1. The first-order valence-electron chi connectivity index (χ1n) is 9.62. The third kappa shape index (κ3) is 4.59. The van der Waals surface area contributed by atoms with Crippen LogP contribution < -0.4 is 19.5 Å². The van der Waals surface area contributed by atoms with E-state index in [1.54, 1.807) is 24.3 Å². The second-order valence-electron chi connectivity index (χ2n) is 6.63. The van der Waals surface area contributed by atoms with Crippen LogP contribution in [0.15, 0.2) is 60.3 Å². The van der Waals surface area contributed by atoms with Gasteiger partial charge in [0, 0.05) is 22.6 Å². The molecular weight excluding hydrogens is 432 g/mol. The smallest absolute Gasteiger partial charge is 0.341 e. The molecule has 2 aromatic carbocycles. The molecule has 0 unspecified atom stereocenters. The Morgan fingerprint density at radius 3 is 2.91 bits per heavy atom. The number of carbonyl (C=O) groups is 1. The molecule has 0 spiro atoms. The molecule has 0 fully saturated rings. The lowest BCUT2D eigenvalue weighted by atomic mass is 10.1. The molecule has 2 heterocycles. The molecule has 10 heteroatoms. The van der Waals surface area contributed by atoms with Crippen LogP contribution in [0.1, 0.15) is 11.8 Å². The number of aromatic nitrogens is 3. The summed E-state index contributed by atoms with van der Waals surface area (Å²) in [5.41, 5.74) is 2.89. The minimum Gasteiger partial charge on any atom is -0.493 e. The Labute approximate surface area is 188 Å². The number of anilines is 1. The summed E-state index contributed by atoms with van der Waals surface area (Å²) in [7, 11) is 1.49. The molecule has 0 bridgehead atoms. The zero-order valence-corrected chi connectivity index (χ0v) is 18.0. The van der Waals surface area contributed by atoms with Gasteiger partial charge in [-0.15, -0.1) is 16.8 Å². The van der Waals surface area contributed by atoms with E-state index in [2.05, 4.69) is 27.1 Å². The van der Waals surface area contributed by atoms with Crippen molar-refractivity contribution in [3.8, 4) is 28.6 Å². The molecule has 9 nitrogen and oxygen atoms in total. The van der Waals surface area contributed by atoms with E-state index in [0.29, 0.717) is 34.0 Å². The highest BCUT2D eigenvalue weighted by atomic mass is 32.2. The van der Waals surface area contributed by atoms with Crippen LogP contribution in [0.5, 0.6) is 17.4 Å². The van der Waals surface area contributed by atoms with E-state index < -0.39 is 18.8 Å². The molecule has 0 aliphatic carbocycles. The van der Waals surface area contributed by atoms with Crippen molar-refractivity contribution in [3.63, 3.8) is 0 Å². The van der Waals surface area contributed by atoms with Gasteiger partial charge in [0.1, 0.15) is 0 Å². The van der Waals surface area contributed by atoms with Crippen LogP contribution in [-0.4, -0.2) is 45.7 Å². The van der Waals surface area contributed by atoms with Crippen LogP contribution in [0.2, 0.25) is 0 Å². The van der Waals surface area contributed by atoms with Gasteiger partial charge in [0.05, 0.1) is 7.11 Å². The van der Waals surface area contributed by atoms with Crippen molar-refractivity contribution in [2.75, 3.05) is 24.8 Å². The van der Waals surface area contributed by atoms with Crippen molar-refractivity contribution < 1.29 is 24.1 Å². The van der Waals surface area contributed by atoms with Gasteiger partial charge in [-0.2, -0.15) is 4.98 Å². The zero-order chi connectivity index (χ0) is 22.5. The van der Waals surface area contributed by atoms with Gasteiger partial charge in [0.15, 0.2) is 30.0 Å². The minimum absolute atomic E-state index is 0.320. The molecule has 0 radical (unpaired) electrons. The number of carboxylic acid groups (broad SMARTS) is 1. The van der Waals surface area contributed by atoms with Gasteiger partial charge in [0.25, 0.3) is 0 Å². The van der Waals surface area contributed by atoms with Gasteiger partial charge in [-0.05, 0) is 24.3 Å². The number of nitrogens with zero attached hydrogens (tertiary/aromatic N) is 3. The summed E-state index contributed by atoms with van der Waals surface area (Å²) in [5.74, 6) is 0.623. The SMILES string of the molecule is C=CCSc1nnc2c(n1)O[C@H](c1ccc(OCC(=O)O)c(OC)c1)Nc1ccccc1-2. The first-order valence-corrected chi connectivity index (χ1v) is 10.6. The van der Waals surface area contributed by atoms with Crippen LogP contribution in [0.3, 0.4) is 0 Å². The molecule has 4 rings (SSSR count). The second-order valence-corrected chi connectivity index (χ2v) is 7.62. The Kier molecular flexibility index (Phi) is 6.41. The summed E-state index contributed by atoms with van der Waals surface area (Å²) in [6, 6.07) is 12.8. The lowest BCUT2D eigenvalue weighted by Crippen LogP contribution is -2.17. The molecule has 32 heavy (non-hydrogen) atoms. The fourth-order valence-electron chi connectivity index (χ4n) is 3.10. The third-order valence-electron chi connectivity index (χ3n) is 4.51. The number of nitrogens with one attached hydrogen (secondary N) is 1. The van der Waals surface area contributed by atoms with Crippen molar-refractivity contribution in [3.05, 3.63) is 60.7 Å². The number of thioether (sulfide) groups is 1. The largest absolute Gasteiger partial charge is 0.493 e. The van der Waals surface area contributed by atoms with E-state index in [1.807, 2.05) is 24.3 Å². The summed E-state index contributed by atoms with van der Waals surface area (Å²) >= 11 is 1.41. The first kappa shape index (κ1) is 21.4. The molecule has 1 aliphatic heterocycles. The number of fused-ring (bicyclic) bond motifs is 3. The van der Waals surface area contributed by atoms with E-state index >= 15 is 0 Å². The van der Waals surface area contributed by atoms with Crippen molar-refractivity contribution in [2.24, 2.45) is 0 Å². The van der Waals surface area contributed by atoms with Gasteiger partial charge < -0.3 is 24.6 Å². The Morgan fingerprint density at radius 2 is 2.12 bits per heavy atom. The molecule has 0 saturated heterocycles. The van der Waals surface area contributed by atoms with Crippen LogP contribution in [0.4, 0.5) is 5.69 Å². The van der Waals surface area contributed by atoms with Crippen LogP contribution >= 0.6 is 11.8 Å². The summed E-state index contributed by atoms with van der Waals surface area (Å²) in [5, 5.41) is 21.3. The quantitative estimate of drug-likeness (QED) is 0.386. The van der Waals surface area contributed by atoms with E-state index in [4.69, 9.17) is 19.3 Å². The maximum Gasteiger partial charge on any atom is 0.341 e. The summed E-state index contributed by atoms with van der Waals surface area (Å²) in [6.45, 7) is 3.24. The summed E-state index contributed by atoms with van der Waals surface area (Å²) in [4.78, 5) is 15.4. The summed E-state index contributed by atoms with van der Waals surface area (Å²) in [6.07, 6.45) is 1.15. The van der Waals surface area contributed by atoms with E-state index in [-0.39, 0.29) is 0 Å². The highest BCUT2D eigenvalue weighted by molar-refractivity contribution is 7.99. The Balaban J connectivity index is 1.72. The van der Waals surface area contributed by atoms with Gasteiger partial charge in [-0.3, -0.25) is 0 Å². The van der Waals surface area contributed by atoms with Crippen molar-refractivity contribution in [1.82, 2.24) is 15.2 Å². The number of aliphatic carboxylic acids is 1. The Bertz CT molecular complexity index is 1160. The minimum atomic E-state index is -1.07. The predicted octanol–water partition coefficient (Wildman–Crippen LogP) is 3.79. The predicted molar refractivity (Wildman–Crippen MR) is 119 cm³/mol. The molecule has 1 aromatic heterocycles. The molecule has 0 amide bonds. The van der Waals surface area contributed by atoms with Crippen molar-refractivity contribution >= 4 is 23.4 Å². The Morgan fingerprint density at radius 1 is 1.28 bits per heavy atom. The van der Waals surface area contributed by atoms with E-state index in [9.17, 15) is 4.79 Å². The fourth-order valence-corrected chi connectivity index (χ4v) is 3.61. The zero-order valence-electron chi connectivity index (χ0n) is 17.1. The van der Waals surface area contributed by atoms with E-state index in [1.165, 1.54) is 18.9 Å². The second kappa shape index (κ2) is 9.56. The Hall–Kier alpha value is -3.79. The van der Waals surface area contributed by atoms with Crippen LogP contribution in [0.25, 0.3) is 11.3 Å². The molecule has 3 aromatic rings. The lowest BCUT2D eigenvalue weighted by Gasteiger charge is -2.20. The van der Waals surface area contributed by atoms with Gasteiger partial charge in [-0.1, -0.05) is 36.0 Å². The maximum atomic E-state index is 10.8. The number of methoxy groups -OCH3 is 1. The number of ether oxygens (including phenoxy) is 3. The normalized spacial score (nSPS) is 14.1. The first-order chi connectivity index (χ1) is 15.6.